The first-order chi connectivity index (χ1) is 17.0. The van der Waals surface area contributed by atoms with Crippen LogP contribution < -0.4 is 0 Å². The molecular formula is C29H24ClNO4. The van der Waals surface area contributed by atoms with Crippen LogP contribution >= 0.6 is 11.6 Å². The molecule has 3 aliphatic rings. The maximum absolute atomic E-state index is 13.2. The van der Waals surface area contributed by atoms with Crippen LogP contribution in [0, 0.1) is 0 Å². The molecule has 5 nitrogen and oxygen atoms in total. The maximum atomic E-state index is 13.2. The number of carbonyl (C=O) groups is 2. The Morgan fingerprint density at radius 3 is 2.29 bits per heavy atom. The Kier molecular flexibility index (Phi) is 5.37. The summed E-state index contributed by atoms with van der Waals surface area (Å²) in [5.41, 5.74) is 6.92. The van der Waals surface area contributed by atoms with Crippen molar-refractivity contribution in [3.8, 4) is 11.1 Å². The number of ether oxygens (including phenoxy) is 1. The summed E-state index contributed by atoms with van der Waals surface area (Å²) < 4.78 is 5.93. The molecule has 2 unspecified atom stereocenters. The van der Waals surface area contributed by atoms with E-state index in [1.165, 1.54) is 22.3 Å². The summed E-state index contributed by atoms with van der Waals surface area (Å²) in [4.78, 5) is 26.4. The summed E-state index contributed by atoms with van der Waals surface area (Å²) in [6, 6.07) is 21.7. The third-order valence-electron chi connectivity index (χ3n) is 7.51. The van der Waals surface area contributed by atoms with E-state index < -0.39 is 5.97 Å². The molecule has 2 bridgehead atoms. The van der Waals surface area contributed by atoms with Gasteiger partial charge < -0.3 is 9.84 Å². The number of amides is 1. The fourth-order valence-corrected chi connectivity index (χ4v) is 6.15. The first-order valence-electron chi connectivity index (χ1n) is 11.9. The zero-order valence-electron chi connectivity index (χ0n) is 19.0. The Hall–Kier alpha value is -3.57. The van der Waals surface area contributed by atoms with Crippen molar-refractivity contribution < 1.29 is 19.4 Å². The third-order valence-corrected chi connectivity index (χ3v) is 7.83. The second-order valence-corrected chi connectivity index (χ2v) is 9.81. The van der Waals surface area contributed by atoms with Crippen molar-refractivity contribution >= 4 is 29.2 Å². The molecule has 0 spiro atoms. The summed E-state index contributed by atoms with van der Waals surface area (Å²) in [5, 5.41) is 9.46. The van der Waals surface area contributed by atoms with Crippen molar-refractivity contribution in [2.24, 2.45) is 0 Å². The highest BCUT2D eigenvalue weighted by molar-refractivity contribution is 6.33. The Morgan fingerprint density at radius 1 is 0.971 bits per heavy atom. The minimum atomic E-state index is -1.04. The fraction of sp³-hybridized carbons (Fsp3) is 0.241. The summed E-state index contributed by atoms with van der Waals surface area (Å²) >= 11 is 6.19. The zero-order valence-corrected chi connectivity index (χ0v) is 19.7. The van der Waals surface area contributed by atoms with Crippen LogP contribution in [0.25, 0.3) is 16.7 Å². The standard InChI is InChI=1S/C29H24ClNO4/c30-27-15-17(9-12-25(27)28(32)33)18-13-19-10-11-20(14-18)31(19)29(34)35-16-26-23-7-3-1-5-21(23)22-6-2-4-8-24(22)26/h1-9,12-13,15,19-20,26H,10-11,14,16H2,(H,32,33). The zero-order chi connectivity index (χ0) is 24.1. The van der Waals surface area contributed by atoms with Gasteiger partial charge in [0, 0.05) is 12.0 Å². The lowest BCUT2D eigenvalue weighted by atomic mass is 9.94. The van der Waals surface area contributed by atoms with Gasteiger partial charge in [-0.2, -0.15) is 0 Å². The molecule has 1 N–H and O–H groups in total. The lowest BCUT2D eigenvalue weighted by Crippen LogP contribution is -2.43. The SMILES string of the molecule is O=C(O)c1ccc(C2=CC3CCC(C2)N3C(=O)OCC2c3ccccc3-c3ccccc32)cc1Cl. The highest BCUT2D eigenvalue weighted by Crippen LogP contribution is 2.45. The van der Waals surface area contributed by atoms with Gasteiger partial charge >= 0.3 is 12.1 Å². The van der Waals surface area contributed by atoms with Crippen LogP contribution in [0.2, 0.25) is 5.02 Å². The van der Waals surface area contributed by atoms with Crippen molar-refractivity contribution in [2.45, 2.75) is 37.3 Å². The number of hydrogen-bond acceptors (Lipinski definition) is 3. The number of halogens is 1. The first kappa shape index (κ1) is 21.9. The number of carboxylic acid groups (broad SMARTS) is 1. The molecule has 1 saturated heterocycles. The van der Waals surface area contributed by atoms with Gasteiger partial charge in [0.05, 0.1) is 16.6 Å². The molecular weight excluding hydrogens is 462 g/mol. The normalized spacial score (nSPS) is 20.3. The summed E-state index contributed by atoms with van der Waals surface area (Å²) in [5.74, 6) is -1.00. The molecule has 0 saturated carbocycles. The molecule has 1 fully saturated rings. The first-order valence-corrected chi connectivity index (χ1v) is 12.3. The average molecular weight is 486 g/mol. The molecule has 1 amide bonds. The minimum Gasteiger partial charge on any atom is -0.478 e. The molecule has 6 rings (SSSR count). The molecule has 2 heterocycles. The van der Waals surface area contributed by atoms with E-state index in [9.17, 15) is 14.7 Å². The van der Waals surface area contributed by atoms with E-state index in [0.717, 1.165) is 24.0 Å². The quantitative estimate of drug-likeness (QED) is 0.451. The number of rotatable bonds is 4. The highest BCUT2D eigenvalue weighted by Gasteiger charge is 2.41. The van der Waals surface area contributed by atoms with Gasteiger partial charge in [-0.3, -0.25) is 4.90 Å². The van der Waals surface area contributed by atoms with Crippen LogP contribution in [-0.4, -0.2) is 40.8 Å². The van der Waals surface area contributed by atoms with Crippen molar-refractivity contribution in [2.75, 3.05) is 6.61 Å². The topological polar surface area (TPSA) is 66.8 Å². The van der Waals surface area contributed by atoms with Crippen LogP contribution in [0.4, 0.5) is 4.79 Å². The van der Waals surface area contributed by atoms with Crippen LogP contribution in [0.5, 0.6) is 0 Å². The fourth-order valence-electron chi connectivity index (χ4n) is 5.89. The van der Waals surface area contributed by atoms with E-state index >= 15 is 0 Å². The van der Waals surface area contributed by atoms with E-state index in [2.05, 4.69) is 30.3 Å². The van der Waals surface area contributed by atoms with Gasteiger partial charge in [0.15, 0.2) is 0 Å². The number of benzene rings is 3. The van der Waals surface area contributed by atoms with Gasteiger partial charge in [-0.15, -0.1) is 0 Å². The van der Waals surface area contributed by atoms with Gasteiger partial charge in [-0.05, 0) is 64.8 Å². The molecule has 3 aromatic rings. The van der Waals surface area contributed by atoms with E-state index in [4.69, 9.17) is 16.3 Å². The molecule has 1 aliphatic carbocycles. The van der Waals surface area contributed by atoms with Gasteiger partial charge in [-0.1, -0.05) is 72.3 Å². The smallest absolute Gasteiger partial charge is 0.410 e. The number of fused-ring (bicyclic) bond motifs is 5. The molecule has 0 radical (unpaired) electrons. The van der Waals surface area contributed by atoms with Crippen LogP contribution in [0.15, 0.2) is 72.8 Å². The molecule has 176 valence electrons. The van der Waals surface area contributed by atoms with Crippen molar-refractivity contribution in [1.29, 1.82) is 0 Å². The molecule has 2 aliphatic heterocycles. The Labute approximate surface area is 208 Å². The van der Waals surface area contributed by atoms with Gasteiger partial charge in [0.2, 0.25) is 0 Å². The lowest BCUT2D eigenvalue weighted by Gasteiger charge is -2.33. The number of carbonyl (C=O) groups excluding carboxylic acids is 1. The summed E-state index contributed by atoms with van der Waals surface area (Å²) in [6.45, 7) is 0.311. The van der Waals surface area contributed by atoms with E-state index in [1.54, 1.807) is 18.2 Å². The van der Waals surface area contributed by atoms with Crippen molar-refractivity contribution in [1.82, 2.24) is 4.90 Å². The molecule has 0 aromatic heterocycles. The highest BCUT2D eigenvalue weighted by atomic mass is 35.5. The molecule has 2 atom stereocenters. The van der Waals surface area contributed by atoms with E-state index in [-0.39, 0.29) is 34.7 Å². The predicted octanol–water partition coefficient (Wildman–Crippen LogP) is 6.61. The average Bonchev–Trinajstić information content (AvgIpc) is 3.33. The van der Waals surface area contributed by atoms with E-state index in [0.29, 0.717) is 13.0 Å². The predicted molar refractivity (Wildman–Crippen MR) is 135 cm³/mol. The van der Waals surface area contributed by atoms with Crippen molar-refractivity contribution in [3.05, 3.63) is 100 Å². The van der Waals surface area contributed by atoms with Gasteiger partial charge in [0.25, 0.3) is 0 Å². The maximum Gasteiger partial charge on any atom is 0.410 e. The summed E-state index contributed by atoms with van der Waals surface area (Å²) in [6.07, 6.45) is 4.34. The monoisotopic (exact) mass is 485 g/mol. The van der Waals surface area contributed by atoms with Gasteiger partial charge in [0.1, 0.15) is 6.61 Å². The second kappa shape index (κ2) is 8.58. The van der Waals surface area contributed by atoms with Crippen LogP contribution in [0.3, 0.4) is 0 Å². The Balaban J connectivity index is 1.19. The lowest BCUT2D eigenvalue weighted by molar-refractivity contribution is 0.0696. The second-order valence-electron chi connectivity index (χ2n) is 9.41. The minimum absolute atomic E-state index is 0.0303. The Bertz CT molecular complexity index is 1340. The number of aromatic carboxylic acids is 1. The Morgan fingerprint density at radius 2 is 1.66 bits per heavy atom. The molecule has 6 heteroatoms. The van der Waals surface area contributed by atoms with Crippen LogP contribution in [0.1, 0.15) is 52.2 Å². The largest absolute Gasteiger partial charge is 0.478 e. The van der Waals surface area contributed by atoms with Crippen LogP contribution in [-0.2, 0) is 4.74 Å². The van der Waals surface area contributed by atoms with E-state index in [1.807, 2.05) is 29.2 Å². The number of hydrogen-bond donors (Lipinski definition) is 1. The van der Waals surface area contributed by atoms with Crippen molar-refractivity contribution in [3.63, 3.8) is 0 Å². The number of nitrogens with zero attached hydrogens (tertiary/aromatic N) is 1. The molecule has 35 heavy (non-hydrogen) atoms. The summed E-state index contributed by atoms with van der Waals surface area (Å²) in [7, 11) is 0. The number of carboxylic acids is 1. The molecule has 3 aromatic carbocycles. The van der Waals surface area contributed by atoms with Gasteiger partial charge in [-0.25, -0.2) is 9.59 Å². The third kappa shape index (κ3) is 3.71.